The summed E-state index contributed by atoms with van der Waals surface area (Å²) in [5.41, 5.74) is 20.9. The summed E-state index contributed by atoms with van der Waals surface area (Å²) in [6, 6.07) is 98.0. The Morgan fingerprint density at radius 1 is 0.301 bits per heavy atom. The maximum atomic E-state index is 10.1. The standard InChI is InChI=1S/C83H52N10/c1-83(2,3)59-30-39-79-69(44-59)64-20-12-13-21-74(64)93(79)81-70(62-18-10-11-19-63(62)73-46-72(55-14-6-4-7-15-55)89-82(90-73)58-16-8-5-9-17-58)45-71(56-26-31-60(32-27-56)91-75-35-22-51(47-84)40-65(75)66-41-52(48-85)23-36-76(66)91)88-80(81)57-28-33-61(34-29-57)92-77-37-24-53(49-86)42-67(77)68-43-54(50-87)25-38-78(68)92/h4-46H,1-3H3. The average molecular weight is 1190 g/mol. The third-order valence-corrected chi connectivity index (χ3v) is 17.9. The molecule has 434 valence electrons. The first-order chi connectivity index (χ1) is 45.5. The lowest BCUT2D eigenvalue weighted by Crippen LogP contribution is -2.10. The first kappa shape index (κ1) is 55.3. The molecule has 16 aromatic rings. The Bertz CT molecular complexity index is 5740. The maximum Gasteiger partial charge on any atom is 0.160 e. The van der Waals surface area contributed by atoms with E-state index in [1.54, 1.807) is 0 Å². The lowest BCUT2D eigenvalue weighted by atomic mass is 9.86. The fraction of sp³-hybridized carbons (Fsp3) is 0.0482. The summed E-state index contributed by atoms with van der Waals surface area (Å²) in [5, 5.41) is 45.9. The minimum Gasteiger partial charge on any atom is -0.309 e. The fourth-order valence-corrected chi connectivity index (χ4v) is 13.4. The maximum absolute atomic E-state index is 10.1. The molecule has 0 N–H and O–H groups in total. The second kappa shape index (κ2) is 21.9. The highest BCUT2D eigenvalue weighted by Gasteiger charge is 2.27. The van der Waals surface area contributed by atoms with E-state index in [-0.39, 0.29) is 5.41 Å². The van der Waals surface area contributed by atoms with Crippen molar-refractivity contribution in [2.45, 2.75) is 26.2 Å². The number of para-hydroxylation sites is 1. The van der Waals surface area contributed by atoms with Crippen molar-refractivity contribution in [2.24, 2.45) is 0 Å². The molecular formula is C83H52N10. The van der Waals surface area contributed by atoms with Gasteiger partial charge in [0.05, 0.1) is 108 Å². The van der Waals surface area contributed by atoms with Crippen LogP contribution < -0.4 is 0 Å². The second-order valence-corrected chi connectivity index (χ2v) is 24.5. The van der Waals surface area contributed by atoms with Crippen LogP contribution >= 0.6 is 0 Å². The van der Waals surface area contributed by atoms with E-state index < -0.39 is 0 Å². The number of nitriles is 4. The van der Waals surface area contributed by atoms with Crippen LogP contribution in [-0.4, -0.2) is 28.7 Å². The lowest BCUT2D eigenvalue weighted by Gasteiger charge is -2.22. The molecule has 0 aliphatic heterocycles. The SMILES string of the molecule is CC(C)(C)c1ccc2c(c1)c1ccccc1n2-c1c(-c2ccccc2-c2cc(-c3ccccc3)nc(-c3ccccc3)n2)cc(-c2ccc(-n3c4ccc(C#N)cc4c4cc(C#N)ccc43)cc2)nc1-c1ccc(-n2c3ccc(C#N)cc3c3cc(C#N)ccc32)cc1. The predicted octanol–water partition coefficient (Wildman–Crippen LogP) is 19.9. The molecule has 11 aromatic carbocycles. The van der Waals surface area contributed by atoms with Crippen molar-refractivity contribution in [3.63, 3.8) is 0 Å². The first-order valence-electron chi connectivity index (χ1n) is 30.7. The van der Waals surface area contributed by atoms with Crippen molar-refractivity contribution >= 4 is 65.4 Å². The molecule has 0 radical (unpaired) electrons. The average Bonchev–Trinajstić information content (AvgIpc) is 1.65. The Morgan fingerprint density at radius 2 is 0.710 bits per heavy atom. The van der Waals surface area contributed by atoms with Gasteiger partial charge < -0.3 is 13.7 Å². The largest absolute Gasteiger partial charge is 0.309 e. The third-order valence-electron chi connectivity index (χ3n) is 17.9. The van der Waals surface area contributed by atoms with Crippen molar-refractivity contribution in [2.75, 3.05) is 0 Å². The van der Waals surface area contributed by atoms with Crippen LogP contribution in [0.25, 0.3) is 150 Å². The first-order valence-corrected chi connectivity index (χ1v) is 30.7. The van der Waals surface area contributed by atoms with Gasteiger partial charge in [-0.3, -0.25) is 0 Å². The van der Waals surface area contributed by atoms with Gasteiger partial charge in [-0.05, 0) is 144 Å². The molecule has 0 unspecified atom stereocenters. The zero-order valence-corrected chi connectivity index (χ0v) is 50.8. The van der Waals surface area contributed by atoms with Gasteiger partial charge >= 0.3 is 0 Å². The number of hydrogen-bond acceptors (Lipinski definition) is 7. The van der Waals surface area contributed by atoms with Crippen LogP contribution in [0.4, 0.5) is 0 Å². The highest BCUT2D eigenvalue weighted by molar-refractivity contribution is 6.13. The molecule has 0 spiro atoms. The van der Waals surface area contributed by atoms with Crippen LogP contribution in [0, 0.1) is 45.3 Å². The van der Waals surface area contributed by atoms with Gasteiger partial charge in [0, 0.05) is 77.1 Å². The number of hydrogen-bond donors (Lipinski definition) is 0. The van der Waals surface area contributed by atoms with Crippen molar-refractivity contribution in [1.29, 1.82) is 21.0 Å². The number of fused-ring (bicyclic) bond motifs is 9. The van der Waals surface area contributed by atoms with E-state index in [0.29, 0.717) is 28.1 Å². The Hall–Kier alpha value is -13.0. The molecule has 0 aliphatic rings. The summed E-state index contributed by atoms with van der Waals surface area (Å²) in [4.78, 5) is 16.6. The summed E-state index contributed by atoms with van der Waals surface area (Å²) in [7, 11) is 0. The number of rotatable bonds is 9. The Balaban J connectivity index is 0.987. The molecule has 93 heavy (non-hydrogen) atoms. The van der Waals surface area contributed by atoms with Crippen LogP contribution in [0.2, 0.25) is 0 Å². The van der Waals surface area contributed by atoms with E-state index in [1.807, 2.05) is 109 Å². The molecule has 0 atom stereocenters. The smallest absolute Gasteiger partial charge is 0.160 e. The molecule has 0 amide bonds. The molecule has 0 fully saturated rings. The highest BCUT2D eigenvalue weighted by atomic mass is 15.0. The van der Waals surface area contributed by atoms with Gasteiger partial charge in [0.25, 0.3) is 0 Å². The molecule has 10 heteroatoms. The summed E-state index contributed by atoms with van der Waals surface area (Å²) in [6.07, 6.45) is 0. The fourth-order valence-electron chi connectivity index (χ4n) is 13.4. The van der Waals surface area contributed by atoms with Crippen LogP contribution in [0.5, 0.6) is 0 Å². The Kier molecular flexibility index (Phi) is 13.1. The Morgan fingerprint density at radius 3 is 1.24 bits per heavy atom. The summed E-state index contributed by atoms with van der Waals surface area (Å²) >= 11 is 0. The van der Waals surface area contributed by atoms with E-state index in [9.17, 15) is 21.0 Å². The molecule has 5 heterocycles. The minimum atomic E-state index is -0.127. The van der Waals surface area contributed by atoms with Gasteiger partial charge in [0.2, 0.25) is 0 Å². The van der Waals surface area contributed by atoms with Crippen molar-refractivity contribution in [3.8, 4) is 109 Å². The molecular weight excluding hydrogens is 1140 g/mol. The van der Waals surface area contributed by atoms with Gasteiger partial charge in [-0.15, -0.1) is 0 Å². The van der Waals surface area contributed by atoms with Gasteiger partial charge in [-0.25, -0.2) is 15.0 Å². The molecule has 0 aliphatic carbocycles. The van der Waals surface area contributed by atoms with Crippen molar-refractivity contribution in [1.82, 2.24) is 28.7 Å². The molecule has 0 saturated heterocycles. The molecule has 0 bridgehead atoms. The molecule has 10 nitrogen and oxygen atoms in total. The monoisotopic (exact) mass is 1190 g/mol. The van der Waals surface area contributed by atoms with E-state index in [2.05, 4.69) is 210 Å². The van der Waals surface area contributed by atoms with Crippen molar-refractivity contribution in [3.05, 3.63) is 289 Å². The van der Waals surface area contributed by atoms with E-state index in [0.717, 1.165) is 144 Å². The molecule has 16 rings (SSSR count). The van der Waals surface area contributed by atoms with Gasteiger partial charge in [-0.2, -0.15) is 21.0 Å². The summed E-state index contributed by atoms with van der Waals surface area (Å²) < 4.78 is 6.79. The molecule has 0 saturated carbocycles. The van der Waals surface area contributed by atoms with E-state index in [4.69, 9.17) is 15.0 Å². The highest BCUT2D eigenvalue weighted by Crippen LogP contribution is 2.47. The topological polar surface area (TPSA) is 149 Å². The number of pyridine rings is 1. The quantitative estimate of drug-likeness (QED) is 0.140. The second-order valence-electron chi connectivity index (χ2n) is 24.5. The van der Waals surface area contributed by atoms with Crippen LogP contribution in [-0.2, 0) is 5.41 Å². The van der Waals surface area contributed by atoms with Gasteiger partial charge in [-0.1, -0.05) is 154 Å². The van der Waals surface area contributed by atoms with Crippen LogP contribution in [0.15, 0.2) is 261 Å². The van der Waals surface area contributed by atoms with Crippen LogP contribution in [0.1, 0.15) is 48.6 Å². The van der Waals surface area contributed by atoms with E-state index in [1.165, 1.54) is 5.56 Å². The molecule has 5 aromatic heterocycles. The number of nitrogens with zero attached hydrogens (tertiary/aromatic N) is 10. The van der Waals surface area contributed by atoms with Gasteiger partial charge in [0.1, 0.15) is 0 Å². The van der Waals surface area contributed by atoms with Crippen LogP contribution in [0.3, 0.4) is 0 Å². The number of benzene rings is 11. The summed E-state index contributed by atoms with van der Waals surface area (Å²) in [6.45, 7) is 6.76. The minimum absolute atomic E-state index is 0.127. The third kappa shape index (κ3) is 9.34. The van der Waals surface area contributed by atoms with E-state index >= 15 is 0 Å². The summed E-state index contributed by atoms with van der Waals surface area (Å²) in [5.74, 6) is 0.605. The normalized spacial score (nSPS) is 11.6. The lowest BCUT2D eigenvalue weighted by molar-refractivity contribution is 0.591. The van der Waals surface area contributed by atoms with Crippen molar-refractivity contribution < 1.29 is 0 Å². The Labute approximate surface area is 535 Å². The van der Waals surface area contributed by atoms with Gasteiger partial charge in [0.15, 0.2) is 5.82 Å². The predicted molar refractivity (Wildman–Crippen MR) is 373 cm³/mol. The zero-order valence-electron chi connectivity index (χ0n) is 50.8. The number of aromatic nitrogens is 6. The zero-order chi connectivity index (χ0) is 63.1.